The minimum Gasteiger partial charge on any atom is -0.350 e. The van der Waals surface area contributed by atoms with Crippen molar-refractivity contribution in [2.24, 2.45) is 0 Å². The second-order valence-corrected chi connectivity index (χ2v) is 6.56. The van der Waals surface area contributed by atoms with Gasteiger partial charge in [0.15, 0.2) is 0 Å². The molecule has 0 bridgehead atoms. The Labute approximate surface area is 125 Å². The lowest BCUT2D eigenvalue weighted by molar-refractivity contribution is -0.124. The van der Waals surface area contributed by atoms with Crippen molar-refractivity contribution in [2.45, 2.75) is 50.4 Å². The molecule has 4 nitrogen and oxygen atoms in total. The van der Waals surface area contributed by atoms with Crippen molar-refractivity contribution in [3.05, 3.63) is 35.4 Å². The first-order valence-corrected chi connectivity index (χ1v) is 8.16. The Morgan fingerprint density at radius 2 is 2.05 bits per heavy atom. The molecule has 112 valence electrons. The van der Waals surface area contributed by atoms with E-state index in [-0.39, 0.29) is 11.9 Å². The van der Waals surface area contributed by atoms with Gasteiger partial charge in [-0.2, -0.15) is 0 Å². The number of fused-ring (bicyclic) bond motifs is 2. The van der Waals surface area contributed by atoms with Crippen LogP contribution in [-0.2, 0) is 17.8 Å². The van der Waals surface area contributed by atoms with E-state index in [1.54, 1.807) is 0 Å². The van der Waals surface area contributed by atoms with Gasteiger partial charge < -0.3 is 10.6 Å². The molecule has 2 N–H and O–H groups in total. The van der Waals surface area contributed by atoms with Crippen molar-refractivity contribution in [1.29, 1.82) is 0 Å². The summed E-state index contributed by atoms with van der Waals surface area (Å²) in [7, 11) is 0. The van der Waals surface area contributed by atoms with Crippen LogP contribution in [0.15, 0.2) is 24.3 Å². The number of benzene rings is 1. The number of carbonyl (C=O) groups excluding carboxylic acids is 1. The maximum absolute atomic E-state index is 12.6. The Hall–Kier alpha value is -1.39. The quantitative estimate of drug-likeness (QED) is 0.854. The Balaban J connectivity index is 1.40. The predicted octanol–water partition coefficient (Wildman–Crippen LogP) is 1.05. The molecule has 4 heteroatoms. The van der Waals surface area contributed by atoms with E-state index in [0.29, 0.717) is 12.1 Å². The van der Waals surface area contributed by atoms with E-state index in [0.717, 1.165) is 25.9 Å². The van der Waals surface area contributed by atoms with E-state index < -0.39 is 0 Å². The summed E-state index contributed by atoms with van der Waals surface area (Å²) in [4.78, 5) is 15.1. The van der Waals surface area contributed by atoms with E-state index in [9.17, 15) is 4.79 Å². The van der Waals surface area contributed by atoms with Crippen molar-refractivity contribution < 1.29 is 4.79 Å². The third-order valence-electron chi connectivity index (χ3n) is 5.33. The number of rotatable bonds is 2. The molecule has 2 fully saturated rings. The van der Waals surface area contributed by atoms with Crippen LogP contribution in [0.3, 0.4) is 0 Å². The summed E-state index contributed by atoms with van der Waals surface area (Å²) in [5.74, 6) is 0.184. The molecule has 3 aliphatic heterocycles. The van der Waals surface area contributed by atoms with Gasteiger partial charge in [0.1, 0.15) is 0 Å². The highest BCUT2D eigenvalue weighted by atomic mass is 16.2. The van der Waals surface area contributed by atoms with Gasteiger partial charge in [0, 0.05) is 25.2 Å². The third-order valence-corrected chi connectivity index (χ3v) is 5.33. The zero-order chi connectivity index (χ0) is 14.2. The van der Waals surface area contributed by atoms with Gasteiger partial charge >= 0.3 is 0 Å². The van der Waals surface area contributed by atoms with E-state index >= 15 is 0 Å². The minimum atomic E-state index is -0.0737. The molecule has 3 heterocycles. The molecule has 0 aliphatic carbocycles. The molecule has 0 radical (unpaired) electrons. The van der Waals surface area contributed by atoms with Gasteiger partial charge in [0.2, 0.25) is 5.91 Å². The van der Waals surface area contributed by atoms with E-state index in [4.69, 9.17) is 0 Å². The first kappa shape index (κ1) is 13.3. The maximum atomic E-state index is 12.6. The molecule has 4 rings (SSSR count). The minimum absolute atomic E-state index is 0.0737. The fraction of sp³-hybridized carbons (Fsp3) is 0.588. The van der Waals surface area contributed by atoms with E-state index in [2.05, 4.69) is 39.8 Å². The summed E-state index contributed by atoms with van der Waals surface area (Å²) in [5, 5.41) is 6.69. The van der Waals surface area contributed by atoms with Crippen molar-refractivity contribution in [1.82, 2.24) is 15.5 Å². The monoisotopic (exact) mass is 285 g/mol. The second kappa shape index (κ2) is 5.43. The highest BCUT2D eigenvalue weighted by molar-refractivity contribution is 5.82. The fourth-order valence-electron chi connectivity index (χ4n) is 4.17. The summed E-state index contributed by atoms with van der Waals surface area (Å²) < 4.78 is 0. The Morgan fingerprint density at radius 1 is 1.19 bits per heavy atom. The van der Waals surface area contributed by atoms with Gasteiger partial charge in [0.05, 0.1) is 6.04 Å². The molecule has 0 aromatic heterocycles. The summed E-state index contributed by atoms with van der Waals surface area (Å²) >= 11 is 0. The van der Waals surface area contributed by atoms with E-state index in [1.807, 2.05) is 0 Å². The van der Waals surface area contributed by atoms with Crippen LogP contribution in [0.5, 0.6) is 0 Å². The van der Waals surface area contributed by atoms with Crippen LogP contribution in [0.25, 0.3) is 0 Å². The SMILES string of the molecule is O=C(NC1CCN2CCCC12)[C@H]1Cc2ccccc2CN1. The lowest BCUT2D eigenvalue weighted by Gasteiger charge is -2.28. The van der Waals surface area contributed by atoms with Crippen LogP contribution >= 0.6 is 0 Å². The van der Waals surface area contributed by atoms with Crippen molar-refractivity contribution in [3.63, 3.8) is 0 Å². The zero-order valence-electron chi connectivity index (χ0n) is 12.3. The summed E-state index contributed by atoms with van der Waals surface area (Å²) in [6.07, 6.45) is 4.45. The van der Waals surface area contributed by atoms with Crippen LogP contribution < -0.4 is 10.6 Å². The van der Waals surface area contributed by atoms with Crippen molar-refractivity contribution >= 4 is 5.91 Å². The van der Waals surface area contributed by atoms with Crippen molar-refractivity contribution in [3.8, 4) is 0 Å². The number of nitrogens with zero attached hydrogens (tertiary/aromatic N) is 1. The fourth-order valence-corrected chi connectivity index (χ4v) is 4.17. The number of carbonyl (C=O) groups is 1. The lowest BCUT2D eigenvalue weighted by atomic mass is 9.95. The molecule has 0 spiro atoms. The number of hydrogen-bond acceptors (Lipinski definition) is 3. The van der Waals surface area contributed by atoms with Gasteiger partial charge in [-0.3, -0.25) is 9.69 Å². The number of hydrogen-bond donors (Lipinski definition) is 2. The molecule has 0 saturated carbocycles. The molecule has 3 aliphatic rings. The number of nitrogens with one attached hydrogen (secondary N) is 2. The highest BCUT2D eigenvalue weighted by Crippen LogP contribution is 2.28. The standard InChI is InChI=1S/C17H23N3O/c21-17(19-14-7-9-20-8-3-6-16(14)20)15-10-12-4-1-2-5-13(12)11-18-15/h1-2,4-5,14-16,18H,3,6-11H2,(H,19,21)/t14?,15-,16?/m1/s1. The molecular weight excluding hydrogens is 262 g/mol. The van der Waals surface area contributed by atoms with Crippen LogP contribution in [0.2, 0.25) is 0 Å². The Morgan fingerprint density at radius 3 is 2.95 bits per heavy atom. The average Bonchev–Trinajstić information content (AvgIpc) is 3.12. The van der Waals surface area contributed by atoms with Crippen LogP contribution in [0.1, 0.15) is 30.4 Å². The third kappa shape index (κ3) is 2.47. The highest BCUT2D eigenvalue weighted by Gasteiger charge is 2.38. The predicted molar refractivity (Wildman–Crippen MR) is 81.9 cm³/mol. The summed E-state index contributed by atoms with van der Waals surface area (Å²) in [5.41, 5.74) is 2.63. The van der Waals surface area contributed by atoms with Crippen molar-refractivity contribution in [2.75, 3.05) is 13.1 Å². The number of amides is 1. The molecule has 21 heavy (non-hydrogen) atoms. The normalized spacial score (nSPS) is 31.7. The largest absolute Gasteiger partial charge is 0.350 e. The van der Waals surface area contributed by atoms with Gasteiger partial charge in [-0.25, -0.2) is 0 Å². The smallest absolute Gasteiger partial charge is 0.237 e. The van der Waals surface area contributed by atoms with E-state index in [1.165, 1.54) is 30.5 Å². The molecule has 1 amide bonds. The van der Waals surface area contributed by atoms with Gasteiger partial charge in [0.25, 0.3) is 0 Å². The molecule has 2 saturated heterocycles. The van der Waals surface area contributed by atoms with Gasteiger partial charge in [-0.1, -0.05) is 24.3 Å². The van der Waals surface area contributed by atoms with Crippen LogP contribution in [0.4, 0.5) is 0 Å². The summed E-state index contributed by atoms with van der Waals surface area (Å²) in [6, 6.07) is 9.29. The molecule has 3 atom stereocenters. The average molecular weight is 285 g/mol. The topological polar surface area (TPSA) is 44.4 Å². The summed E-state index contributed by atoms with van der Waals surface area (Å²) in [6.45, 7) is 3.16. The molecule has 2 unspecified atom stereocenters. The first-order valence-electron chi connectivity index (χ1n) is 8.16. The van der Waals surface area contributed by atoms with Crippen LogP contribution in [0, 0.1) is 0 Å². The maximum Gasteiger partial charge on any atom is 0.237 e. The van der Waals surface area contributed by atoms with Gasteiger partial charge in [-0.15, -0.1) is 0 Å². The molecular formula is C17H23N3O. The first-order chi connectivity index (χ1) is 10.3. The molecule has 1 aromatic carbocycles. The zero-order valence-corrected chi connectivity index (χ0v) is 12.3. The Kier molecular flexibility index (Phi) is 3.43. The Bertz CT molecular complexity index is 545. The molecule has 1 aromatic rings. The van der Waals surface area contributed by atoms with Gasteiger partial charge in [-0.05, 0) is 43.4 Å². The second-order valence-electron chi connectivity index (χ2n) is 6.56. The lowest BCUT2D eigenvalue weighted by Crippen LogP contribution is -2.52. The van der Waals surface area contributed by atoms with Crippen LogP contribution in [-0.4, -0.2) is 42.0 Å².